The minimum absolute atomic E-state index is 0.0162. The summed E-state index contributed by atoms with van der Waals surface area (Å²) in [6.45, 7) is 0.453. The van der Waals surface area contributed by atoms with Gasteiger partial charge in [-0.3, -0.25) is 9.59 Å². The lowest BCUT2D eigenvalue weighted by Gasteiger charge is -2.26. The van der Waals surface area contributed by atoms with Crippen LogP contribution in [0.1, 0.15) is 27.4 Å². The van der Waals surface area contributed by atoms with Crippen molar-refractivity contribution in [2.24, 2.45) is 0 Å². The Labute approximate surface area is 142 Å². The van der Waals surface area contributed by atoms with E-state index in [2.05, 4.69) is 5.32 Å². The topological polar surface area (TPSA) is 58.2 Å². The molecule has 2 amide bonds. The zero-order valence-corrected chi connectivity index (χ0v) is 13.1. The SMILES string of the molecule is O=C1NCC(Cc2cccc(NC(=O)C(F)(F)F)c2)c2ccccc21. The Hall–Kier alpha value is -2.83. The van der Waals surface area contributed by atoms with Gasteiger partial charge in [-0.1, -0.05) is 30.3 Å². The van der Waals surface area contributed by atoms with Gasteiger partial charge in [0, 0.05) is 23.7 Å². The minimum atomic E-state index is -4.93. The maximum atomic E-state index is 12.4. The Kier molecular flexibility index (Phi) is 4.48. The van der Waals surface area contributed by atoms with Crippen LogP contribution in [0.3, 0.4) is 0 Å². The third-order valence-corrected chi connectivity index (χ3v) is 4.08. The van der Waals surface area contributed by atoms with Gasteiger partial charge in [-0.2, -0.15) is 13.2 Å². The number of alkyl halides is 3. The van der Waals surface area contributed by atoms with Crippen LogP contribution in [-0.4, -0.2) is 24.5 Å². The van der Waals surface area contributed by atoms with Gasteiger partial charge in [0.2, 0.25) is 0 Å². The molecule has 0 fully saturated rings. The first-order valence-electron chi connectivity index (χ1n) is 7.69. The number of halogens is 3. The Morgan fingerprint density at radius 2 is 1.92 bits per heavy atom. The Balaban J connectivity index is 1.78. The predicted molar refractivity (Wildman–Crippen MR) is 86.3 cm³/mol. The standard InChI is InChI=1S/C18H15F3N2O2/c19-18(20,21)17(25)23-13-5-3-4-11(9-13)8-12-10-22-16(24)15-7-2-1-6-14(12)15/h1-7,9,12H,8,10H2,(H,22,24)(H,23,25). The molecule has 0 saturated carbocycles. The summed E-state index contributed by atoms with van der Waals surface area (Å²) < 4.78 is 37.1. The normalized spacial score (nSPS) is 16.8. The number of benzene rings is 2. The molecule has 25 heavy (non-hydrogen) atoms. The zero-order chi connectivity index (χ0) is 18.0. The van der Waals surface area contributed by atoms with E-state index in [1.807, 2.05) is 17.4 Å². The van der Waals surface area contributed by atoms with Gasteiger partial charge in [0.25, 0.3) is 5.91 Å². The van der Waals surface area contributed by atoms with Crippen molar-refractivity contribution < 1.29 is 22.8 Å². The molecule has 130 valence electrons. The predicted octanol–water partition coefficient (Wildman–Crippen LogP) is 3.26. The molecule has 0 bridgehead atoms. The van der Waals surface area contributed by atoms with Crippen molar-refractivity contribution in [1.82, 2.24) is 5.32 Å². The van der Waals surface area contributed by atoms with Crippen LogP contribution >= 0.6 is 0 Å². The molecule has 1 heterocycles. The lowest BCUT2D eigenvalue weighted by molar-refractivity contribution is -0.167. The van der Waals surface area contributed by atoms with Crippen LogP contribution in [0, 0.1) is 0 Å². The third kappa shape index (κ3) is 3.81. The average Bonchev–Trinajstić information content (AvgIpc) is 2.57. The molecule has 1 unspecified atom stereocenters. The zero-order valence-electron chi connectivity index (χ0n) is 13.1. The first-order valence-corrected chi connectivity index (χ1v) is 7.69. The molecular weight excluding hydrogens is 333 g/mol. The van der Waals surface area contributed by atoms with Crippen molar-refractivity contribution in [3.63, 3.8) is 0 Å². The molecule has 0 aliphatic carbocycles. The van der Waals surface area contributed by atoms with Gasteiger partial charge in [-0.15, -0.1) is 0 Å². The molecule has 3 rings (SSSR count). The molecule has 1 atom stereocenters. The van der Waals surface area contributed by atoms with Crippen LogP contribution < -0.4 is 10.6 Å². The number of amides is 2. The highest BCUT2D eigenvalue weighted by molar-refractivity contribution is 5.97. The van der Waals surface area contributed by atoms with E-state index in [1.165, 1.54) is 12.1 Å². The fraction of sp³-hybridized carbons (Fsp3) is 0.222. The second-order valence-electron chi connectivity index (χ2n) is 5.85. The summed E-state index contributed by atoms with van der Waals surface area (Å²) in [6.07, 6.45) is -4.39. The molecule has 0 saturated heterocycles. The number of carbonyl (C=O) groups is 2. The molecule has 4 nitrogen and oxygen atoms in total. The summed E-state index contributed by atoms with van der Waals surface area (Å²) in [7, 11) is 0. The summed E-state index contributed by atoms with van der Waals surface area (Å²) in [5.74, 6) is -2.11. The van der Waals surface area contributed by atoms with Gasteiger partial charge in [0.15, 0.2) is 0 Å². The van der Waals surface area contributed by atoms with Gasteiger partial charge >= 0.3 is 12.1 Å². The van der Waals surface area contributed by atoms with Crippen LogP contribution in [0.2, 0.25) is 0 Å². The van der Waals surface area contributed by atoms with Gasteiger partial charge in [0.1, 0.15) is 0 Å². The monoisotopic (exact) mass is 348 g/mol. The van der Waals surface area contributed by atoms with Crippen LogP contribution in [0.4, 0.5) is 18.9 Å². The molecule has 1 aliphatic rings. The van der Waals surface area contributed by atoms with Crippen molar-refractivity contribution in [3.05, 3.63) is 65.2 Å². The van der Waals surface area contributed by atoms with Gasteiger partial charge in [-0.25, -0.2) is 0 Å². The largest absolute Gasteiger partial charge is 0.471 e. The Morgan fingerprint density at radius 1 is 1.16 bits per heavy atom. The Bertz CT molecular complexity index is 818. The van der Waals surface area contributed by atoms with E-state index in [4.69, 9.17) is 0 Å². The summed E-state index contributed by atoms with van der Waals surface area (Å²) in [5, 5.41) is 4.67. The summed E-state index contributed by atoms with van der Waals surface area (Å²) in [6, 6.07) is 13.6. The summed E-state index contributed by atoms with van der Waals surface area (Å²) in [4.78, 5) is 22.9. The maximum absolute atomic E-state index is 12.4. The molecular formula is C18H15F3N2O2. The molecule has 1 aliphatic heterocycles. The first kappa shape index (κ1) is 17.0. The van der Waals surface area contributed by atoms with Crippen LogP contribution in [-0.2, 0) is 11.2 Å². The average molecular weight is 348 g/mol. The molecule has 0 spiro atoms. The third-order valence-electron chi connectivity index (χ3n) is 4.08. The second kappa shape index (κ2) is 6.58. The lowest BCUT2D eigenvalue weighted by atomic mass is 9.86. The van der Waals surface area contributed by atoms with Crippen molar-refractivity contribution >= 4 is 17.5 Å². The lowest BCUT2D eigenvalue weighted by Crippen LogP contribution is -2.35. The number of rotatable bonds is 3. The number of hydrogen-bond acceptors (Lipinski definition) is 2. The van der Waals surface area contributed by atoms with Crippen LogP contribution in [0.15, 0.2) is 48.5 Å². The van der Waals surface area contributed by atoms with E-state index in [9.17, 15) is 22.8 Å². The molecule has 7 heteroatoms. The number of carbonyl (C=O) groups excluding carboxylic acids is 2. The maximum Gasteiger partial charge on any atom is 0.471 e. The van der Waals surface area contributed by atoms with Gasteiger partial charge in [0.05, 0.1) is 0 Å². The van der Waals surface area contributed by atoms with Crippen molar-refractivity contribution in [2.75, 3.05) is 11.9 Å². The van der Waals surface area contributed by atoms with Gasteiger partial charge in [-0.05, 0) is 35.7 Å². The number of anilines is 1. The van der Waals surface area contributed by atoms with Crippen LogP contribution in [0.5, 0.6) is 0 Å². The van der Waals surface area contributed by atoms with E-state index in [0.29, 0.717) is 18.5 Å². The molecule has 0 radical (unpaired) electrons. The van der Waals surface area contributed by atoms with Gasteiger partial charge < -0.3 is 10.6 Å². The van der Waals surface area contributed by atoms with E-state index in [-0.39, 0.29) is 17.5 Å². The molecule has 0 aromatic heterocycles. The Morgan fingerprint density at radius 3 is 2.68 bits per heavy atom. The van der Waals surface area contributed by atoms with E-state index < -0.39 is 12.1 Å². The smallest absolute Gasteiger partial charge is 0.351 e. The van der Waals surface area contributed by atoms with Crippen molar-refractivity contribution in [3.8, 4) is 0 Å². The number of fused-ring (bicyclic) bond motifs is 1. The second-order valence-corrected chi connectivity index (χ2v) is 5.85. The number of nitrogens with one attached hydrogen (secondary N) is 2. The first-order chi connectivity index (χ1) is 11.8. The number of hydrogen-bond donors (Lipinski definition) is 2. The highest BCUT2D eigenvalue weighted by Crippen LogP contribution is 2.28. The fourth-order valence-corrected chi connectivity index (χ4v) is 2.93. The molecule has 2 N–H and O–H groups in total. The van der Waals surface area contributed by atoms with Crippen molar-refractivity contribution in [2.45, 2.75) is 18.5 Å². The summed E-state index contributed by atoms with van der Waals surface area (Å²) >= 11 is 0. The van der Waals surface area contributed by atoms with E-state index in [0.717, 1.165) is 11.1 Å². The van der Waals surface area contributed by atoms with Crippen molar-refractivity contribution in [1.29, 1.82) is 0 Å². The highest BCUT2D eigenvalue weighted by Gasteiger charge is 2.38. The highest BCUT2D eigenvalue weighted by atomic mass is 19.4. The minimum Gasteiger partial charge on any atom is -0.351 e. The van der Waals surface area contributed by atoms with E-state index >= 15 is 0 Å². The summed E-state index contributed by atoms with van der Waals surface area (Å²) in [5.41, 5.74) is 2.39. The van der Waals surface area contributed by atoms with E-state index in [1.54, 1.807) is 24.3 Å². The molecule has 2 aromatic rings. The fourth-order valence-electron chi connectivity index (χ4n) is 2.93. The quantitative estimate of drug-likeness (QED) is 0.895. The molecule has 2 aromatic carbocycles. The van der Waals surface area contributed by atoms with Crippen LogP contribution in [0.25, 0.3) is 0 Å².